The Balaban J connectivity index is 1.71. The molecule has 0 fully saturated rings. The normalized spacial score (nSPS) is 11.2. The maximum atomic E-state index is 12.7. The molecule has 1 amide bonds. The molecule has 0 spiro atoms. The molecule has 7 nitrogen and oxygen atoms in total. The molecule has 2 aromatic carbocycles. The van der Waals surface area contributed by atoms with Crippen molar-refractivity contribution in [3.05, 3.63) is 95.6 Å². The molecule has 7 heteroatoms. The maximum Gasteiger partial charge on any atom is 0.262 e. The number of ether oxygens (including phenoxy) is 1. The summed E-state index contributed by atoms with van der Waals surface area (Å²) in [5, 5.41) is 17.3. The summed E-state index contributed by atoms with van der Waals surface area (Å²) in [5.41, 5.74) is 4.04. The molecule has 0 saturated heterocycles. The number of nitriles is 1. The smallest absolute Gasteiger partial charge is 0.262 e. The number of para-hydroxylation sites is 1. The Hall–Kier alpha value is -4.57. The van der Waals surface area contributed by atoms with Gasteiger partial charge >= 0.3 is 0 Å². The minimum absolute atomic E-state index is 0.0222. The number of nitrogens with one attached hydrogen (secondary N) is 1. The van der Waals surface area contributed by atoms with E-state index in [1.165, 1.54) is 6.26 Å². The first-order valence-corrected chi connectivity index (χ1v) is 11.4. The monoisotopic (exact) mass is 466 g/mol. The zero-order chi connectivity index (χ0) is 24.6. The molecule has 0 atom stereocenters. The van der Waals surface area contributed by atoms with Crippen LogP contribution in [0.15, 0.2) is 83.1 Å². The quantitative estimate of drug-likeness (QED) is 0.261. The first kappa shape index (κ1) is 23.6. The Morgan fingerprint density at radius 1 is 1.20 bits per heavy atom. The summed E-state index contributed by atoms with van der Waals surface area (Å²) in [6.45, 7) is 4.89. The Kier molecular flexibility index (Phi) is 7.44. The molecule has 0 aliphatic heterocycles. The molecular weight excluding hydrogens is 440 g/mol. The van der Waals surface area contributed by atoms with E-state index in [0.29, 0.717) is 23.6 Å². The van der Waals surface area contributed by atoms with Gasteiger partial charge in [-0.2, -0.15) is 10.4 Å². The van der Waals surface area contributed by atoms with Crippen LogP contribution in [-0.4, -0.2) is 22.3 Å². The number of amides is 1. The van der Waals surface area contributed by atoms with E-state index in [1.54, 1.807) is 22.9 Å². The average molecular weight is 467 g/mol. The van der Waals surface area contributed by atoms with Crippen LogP contribution < -0.4 is 10.1 Å². The van der Waals surface area contributed by atoms with Gasteiger partial charge in [0.25, 0.3) is 5.91 Å². The first-order chi connectivity index (χ1) is 17.1. The molecule has 1 N–H and O–H groups in total. The number of carbonyl (C=O) groups excluding carboxylic acids is 1. The van der Waals surface area contributed by atoms with Crippen LogP contribution in [0.4, 0.5) is 0 Å². The van der Waals surface area contributed by atoms with Crippen molar-refractivity contribution in [1.29, 1.82) is 5.26 Å². The Morgan fingerprint density at radius 2 is 2.03 bits per heavy atom. The third-order valence-electron chi connectivity index (χ3n) is 5.36. The summed E-state index contributed by atoms with van der Waals surface area (Å²) < 4.78 is 12.8. The molecule has 0 radical (unpaired) electrons. The number of benzene rings is 2. The second-order valence-corrected chi connectivity index (χ2v) is 7.97. The molecule has 176 valence electrons. The minimum Gasteiger partial charge on any atom is -0.494 e. The van der Waals surface area contributed by atoms with Gasteiger partial charge in [-0.25, -0.2) is 4.68 Å². The number of hydrogen-bond donors (Lipinski definition) is 1. The van der Waals surface area contributed by atoms with Crippen LogP contribution in [0.1, 0.15) is 30.2 Å². The SMILES string of the molecule is CCCOc1ccc(-c2nn(-c3ccccc3)cc2/C=C(\C#N)C(=O)NCc2ccco2)c(C)c1. The molecule has 0 saturated carbocycles. The van der Waals surface area contributed by atoms with Crippen LogP contribution in [0.5, 0.6) is 5.75 Å². The van der Waals surface area contributed by atoms with Crippen molar-refractivity contribution in [2.75, 3.05) is 6.61 Å². The second kappa shape index (κ2) is 11.0. The van der Waals surface area contributed by atoms with Gasteiger partial charge in [-0.05, 0) is 67.4 Å². The molecule has 0 bridgehead atoms. The number of aromatic nitrogens is 2. The van der Waals surface area contributed by atoms with E-state index in [0.717, 1.165) is 29.0 Å². The number of furan rings is 1. The summed E-state index contributed by atoms with van der Waals surface area (Å²) in [4.78, 5) is 12.7. The zero-order valence-electron chi connectivity index (χ0n) is 19.7. The topological polar surface area (TPSA) is 93.1 Å². The van der Waals surface area contributed by atoms with E-state index in [2.05, 4.69) is 12.2 Å². The van der Waals surface area contributed by atoms with Crippen molar-refractivity contribution in [2.45, 2.75) is 26.8 Å². The van der Waals surface area contributed by atoms with Crippen molar-refractivity contribution in [3.63, 3.8) is 0 Å². The lowest BCUT2D eigenvalue weighted by Gasteiger charge is -2.09. The number of carbonyl (C=O) groups is 1. The third kappa shape index (κ3) is 5.68. The molecule has 2 aromatic heterocycles. The molecule has 0 aliphatic carbocycles. The highest BCUT2D eigenvalue weighted by atomic mass is 16.5. The van der Waals surface area contributed by atoms with Gasteiger partial charge in [-0.15, -0.1) is 0 Å². The van der Waals surface area contributed by atoms with Crippen molar-refractivity contribution in [2.24, 2.45) is 0 Å². The fourth-order valence-electron chi connectivity index (χ4n) is 3.61. The van der Waals surface area contributed by atoms with Gasteiger partial charge in [0.05, 0.1) is 25.1 Å². The van der Waals surface area contributed by atoms with Crippen LogP contribution >= 0.6 is 0 Å². The van der Waals surface area contributed by atoms with Gasteiger partial charge in [0.15, 0.2) is 0 Å². The van der Waals surface area contributed by atoms with Crippen LogP contribution in [0, 0.1) is 18.3 Å². The lowest BCUT2D eigenvalue weighted by Crippen LogP contribution is -2.23. The summed E-state index contributed by atoms with van der Waals surface area (Å²) >= 11 is 0. The van der Waals surface area contributed by atoms with E-state index >= 15 is 0 Å². The van der Waals surface area contributed by atoms with E-state index in [9.17, 15) is 10.1 Å². The molecule has 4 rings (SSSR count). The van der Waals surface area contributed by atoms with Gasteiger partial charge in [-0.1, -0.05) is 25.1 Å². The summed E-state index contributed by atoms with van der Waals surface area (Å²) in [6, 6.07) is 21.0. The van der Waals surface area contributed by atoms with Crippen LogP contribution in [0.25, 0.3) is 23.0 Å². The Morgan fingerprint density at radius 3 is 2.71 bits per heavy atom. The van der Waals surface area contributed by atoms with Crippen LogP contribution in [0.3, 0.4) is 0 Å². The molecule has 4 aromatic rings. The van der Waals surface area contributed by atoms with E-state index in [1.807, 2.05) is 67.7 Å². The Bertz CT molecular complexity index is 1360. The van der Waals surface area contributed by atoms with Crippen molar-refractivity contribution >= 4 is 12.0 Å². The predicted molar refractivity (Wildman–Crippen MR) is 134 cm³/mol. The van der Waals surface area contributed by atoms with Gasteiger partial charge < -0.3 is 14.5 Å². The number of aryl methyl sites for hydroxylation is 1. The lowest BCUT2D eigenvalue weighted by molar-refractivity contribution is -0.117. The highest BCUT2D eigenvalue weighted by Crippen LogP contribution is 2.30. The maximum absolute atomic E-state index is 12.7. The summed E-state index contributed by atoms with van der Waals surface area (Å²) in [7, 11) is 0. The van der Waals surface area contributed by atoms with Gasteiger partial charge in [0.1, 0.15) is 28.8 Å². The van der Waals surface area contributed by atoms with Gasteiger partial charge in [0, 0.05) is 17.3 Å². The largest absolute Gasteiger partial charge is 0.494 e. The number of nitrogens with zero attached hydrogens (tertiary/aromatic N) is 3. The highest BCUT2D eigenvalue weighted by molar-refractivity contribution is 6.02. The van der Waals surface area contributed by atoms with Crippen molar-refractivity contribution in [1.82, 2.24) is 15.1 Å². The zero-order valence-corrected chi connectivity index (χ0v) is 19.7. The van der Waals surface area contributed by atoms with Gasteiger partial charge in [-0.3, -0.25) is 4.79 Å². The predicted octanol–water partition coefficient (Wildman–Crippen LogP) is 5.45. The Labute approximate surface area is 204 Å². The highest BCUT2D eigenvalue weighted by Gasteiger charge is 2.17. The summed E-state index contributed by atoms with van der Waals surface area (Å²) in [6.07, 6.45) is 5.85. The van der Waals surface area contributed by atoms with E-state index < -0.39 is 5.91 Å². The molecule has 2 heterocycles. The van der Waals surface area contributed by atoms with Gasteiger partial charge in [0.2, 0.25) is 0 Å². The van der Waals surface area contributed by atoms with E-state index in [-0.39, 0.29) is 12.1 Å². The van der Waals surface area contributed by atoms with Crippen LogP contribution in [0.2, 0.25) is 0 Å². The third-order valence-corrected chi connectivity index (χ3v) is 5.36. The second-order valence-electron chi connectivity index (χ2n) is 7.97. The lowest BCUT2D eigenvalue weighted by atomic mass is 10.0. The number of rotatable bonds is 9. The first-order valence-electron chi connectivity index (χ1n) is 11.4. The fraction of sp³-hybridized carbons (Fsp3) is 0.179. The van der Waals surface area contributed by atoms with Crippen LogP contribution in [-0.2, 0) is 11.3 Å². The number of hydrogen-bond acceptors (Lipinski definition) is 5. The van der Waals surface area contributed by atoms with Crippen molar-refractivity contribution < 1.29 is 13.9 Å². The standard InChI is InChI=1S/C28H26N4O3/c1-3-13-34-24-11-12-26(20(2)15-24)27-22(19-32(31-27)23-8-5-4-6-9-23)16-21(17-29)28(33)30-18-25-10-7-14-35-25/h4-12,14-16,19H,3,13,18H2,1-2H3,(H,30,33)/b21-16+. The molecular formula is C28H26N4O3. The van der Waals surface area contributed by atoms with E-state index in [4.69, 9.17) is 14.3 Å². The average Bonchev–Trinajstić information content (AvgIpc) is 3.55. The summed E-state index contributed by atoms with van der Waals surface area (Å²) in [5.74, 6) is 0.916. The van der Waals surface area contributed by atoms with Crippen molar-refractivity contribution in [3.8, 4) is 28.8 Å². The molecule has 0 unspecified atom stereocenters. The molecule has 0 aliphatic rings. The minimum atomic E-state index is -0.484. The fourth-order valence-corrected chi connectivity index (χ4v) is 3.61. The molecule has 35 heavy (non-hydrogen) atoms.